The number of carbonyl (C=O) groups excluding carboxylic acids is 2. The van der Waals surface area contributed by atoms with Crippen molar-refractivity contribution in [1.29, 1.82) is 5.26 Å². The second kappa shape index (κ2) is 9.90. The molecule has 1 aliphatic carbocycles. The average molecular weight is 416 g/mol. The van der Waals surface area contributed by atoms with E-state index in [1.165, 1.54) is 24.3 Å². The Morgan fingerprint density at radius 3 is 2.37 bits per heavy atom. The molecule has 2 fully saturated rings. The topological polar surface area (TPSA) is 76.9 Å². The van der Waals surface area contributed by atoms with Gasteiger partial charge in [-0.2, -0.15) is 5.26 Å². The summed E-state index contributed by atoms with van der Waals surface area (Å²) >= 11 is 0. The summed E-state index contributed by atoms with van der Waals surface area (Å²) in [7, 11) is 1.74. The molecule has 1 aliphatic heterocycles. The summed E-state index contributed by atoms with van der Waals surface area (Å²) in [4.78, 5) is 30.5. The number of halogens is 1. The largest absolute Gasteiger partial charge is 0.484 e. The van der Waals surface area contributed by atoms with Crippen LogP contribution in [0.25, 0.3) is 0 Å². The Bertz CT molecular complexity index is 779. The quantitative estimate of drug-likeness (QED) is 0.709. The molecule has 3 rings (SSSR count). The summed E-state index contributed by atoms with van der Waals surface area (Å²) in [5, 5.41) is 9.68. The van der Waals surface area contributed by atoms with Crippen molar-refractivity contribution in [2.45, 2.75) is 37.6 Å². The van der Waals surface area contributed by atoms with Crippen molar-refractivity contribution < 1.29 is 18.7 Å². The number of benzene rings is 1. The molecule has 0 N–H and O–H groups in total. The third-order valence-electron chi connectivity index (χ3n) is 6.16. The van der Waals surface area contributed by atoms with Crippen LogP contribution in [0, 0.1) is 17.1 Å². The van der Waals surface area contributed by atoms with E-state index in [0.717, 1.165) is 32.1 Å². The number of hydrogen-bond acceptors (Lipinski definition) is 5. The van der Waals surface area contributed by atoms with Gasteiger partial charge in [0.1, 0.15) is 17.1 Å². The first kappa shape index (κ1) is 22.0. The van der Waals surface area contributed by atoms with Gasteiger partial charge in [0.15, 0.2) is 6.61 Å². The Morgan fingerprint density at radius 1 is 1.13 bits per heavy atom. The molecule has 2 aliphatic rings. The van der Waals surface area contributed by atoms with Gasteiger partial charge in [0.25, 0.3) is 5.91 Å². The minimum absolute atomic E-state index is 0.0436. The highest BCUT2D eigenvalue weighted by molar-refractivity contribution is 5.80. The third-order valence-corrected chi connectivity index (χ3v) is 6.16. The molecule has 1 saturated carbocycles. The van der Waals surface area contributed by atoms with Gasteiger partial charge >= 0.3 is 0 Å². The van der Waals surface area contributed by atoms with E-state index in [4.69, 9.17) is 4.74 Å². The van der Waals surface area contributed by atoms with Crippen LogP contribution in [-0.2, 0) is 9.59 Å². The second-order valence-corrected chi connectivity index (χ2v) is 8.06. The Hall–Kier alpha value is -2.66. The minimum atomic E-state index is -0.676. The number of nitrogens with zero attached hydrogens (tertiary/aromatic N) is 4. The highest BCUT2D eigenvalue weighted by Crippen LogP contribution is 2.32. The van der Waals surface area contributed by atoms with E-state index in [1.54, 1.807) is 16.8 Å². The number of ether oxygens (including phenoxy) is 1. The Balaban J connectivity index is 1.43. The summed E-state index contributed by atoms with van der Waals surface area (Å²) in [6.07, 6.45) is 4.55. The lowest BCUT2D eigenvalue weighted by atomic mass is 9.81. The maximum Gasteiger partial charge on any atom is 0.260 e. The van der Waals surface area contributed by atoms with Crippen molar-refractivity contribution in [1.82, 2.24) is 14.7 Å². The van der Waals surface area contributed by atoms with E-state index in [9.17, 15) is 19.2 Å². The first-order valence-corrected chi connectivity index (χ1v) is 10.5. The van der Waals surface area contributed by atoms with Crippen LogP contribution < -0.4 is 4.74 Å². The zero-order chi connectivity index (χ0) is 21.6. The van der Waals surface area contributed by atoms with Gasteiger partial charge in [0.05, 0.1) is 12.6 Å². The average Bonchev–Trinajstić information content (AvgIpc) is 2.79. The SMILES string of the molecule is CN(C(=O)CN1CCN(C(=O)COc2ccc(F)cc2)CC1)C1(C#N)CCCCC1. The van der Waals surface area contributed by atoms with E-state index in [2.05, 4.69) is 6.07 Å². The fraction of sp³-hybridized carbons (Fsp3) is 0.591. The molecule has 1 aromatic rings. The molecule has 0 spiro atoms. The molecule has 0 radical (unpaired) electrons. The van der Waals surface area contributed by atoms with E-state index in [0.29, 0.717) is 31.9 Å². The second-order valence-electron chi connectivity index (χ2n) is 8.06. The Morgan fingerprint density at radius 2 is 1.77 bits per heavy atom. The van der Waals surface area contributed by atoms with Gasteiger partial charge < -0.3 is 14.5 Å². The highest BCUT2D eigenvalue weighted by atomic mass is 19.1. The lowest BCUT2D eigenvalue weighted by molar-refractivity contribution is -0.138. The van der Waals surface area contributed by atoms with Crippen molar-refractivity contribution in [2.75, 3.05) is 46.4 Å². The molecule has 8 heteroatoms. The first-order chi connectivity index (χ1) is 14.4. The maximum absolute atomic E-state index is 12.9. The molecule has 1 saturated heterocycles. The summed E-state index contributed by atoms with van der Waals surface area (Å²) in [6, 6.07) is 7.94. The van der Waals surface area contributed by atoms with E-state index in [-0.39, 0.29) is 30.8 Å². The maximum atomic E-state index is 12.9. The van der Waals surface area contributed by atoms with Crippen LogP contribution in [-0.4, -0.2) is 78.4 Å². The Labute approximate surface area is 177 Å². The molecule has 0 atom stereocenters. The Kier molecular flexibility index (Phi) is 7.27. The first-order valence-electron chi connectivity index (χ1n) is 10.5. The lowest BCUT2D eigenvalue weighted by Gasteiger charge is -2.41. The number of rotatable bonds is 6. The molecule has 1 heterocycles. The van der Waals surface area contributed by atoms with Crippen LogP contribution in [0.15, 0.2) is 24.3 Å². The molecule has 0 unspecified atom stereocenters. The molecular weight excluding hydrogens is 387 g/mol. The van der Waals surface area contributed by atoms with Crippen molar-refractivity contribution in [3.8, 4) is 11.8 Å². The van der Waals surface area contributed by atoms with Gasteiger partial charge in [0, 0.05) is 33.2 Å². The molecule has 30 heavy (non-hydrogen) atoms. The van der Waals surface area contributed by atoms with Crippen molar-refractivity contribution in [3.63, 3.8) is 0 Å². The monoisotopic (exact) mass is 416 g/mol. The molecular formula is C22H29FN4O3. The van der Waals surface area contributed by atoms with Crippen LogP contribution in [0.5, 0.6) is 5.75 Å². The van der Waals surface area contributed by atoms with Gasteiger partial charge in [-0.1, -0.05) is 19.3 Å². The van der Waals surface area contributed by atoms with Crippen molar-refractivity contribution >= 4 is 11.8 Å². The molecule has 2 amide bonds. The van der Waals surface area contributed by atoms with Crippen molar-refractivity contribution in [3.05, 3.63) is 30.1 Å². The predicted molar refractivity (Wildman–Crippen MR) is 109 cm³/mol. The van der Waals surface area contributed by atoms with Gasteiger partial charge in [-0.25, -0.2) is 4.39 Å². The molecule has 0 aromatic heterocycles. The molecule has 162 valence electrons. The van der Waals surface area contributed by atoms with Crippen LogP contribution in [0.4, 0.5) is 4.39 Å². The standard InChI is InChI=1S/C22H29FN4O3/c1-25(22(17-24)9-3-2-4-10-22)20(28)15-26-11-13-27(14-12-26)21(29)16-30-19-7-5-18(23)6-8-19/h5-8H,2-4,9-16H2,1H3. The van der Waals surface area contributed by atoms with E-state index in [1.807, 2.05) is 4.90 Å². The number of likely N-dealkylation sites (N-methyl/N-ethyl adjacent to an activating group) is 1. The normalized spacial score (nSPS) is 19.0. The fourth-order valence-electron chi connectivity index (χ4n) is 4.12. The smallest absolute Gasteiger partial charge is 0.260 e. The zero-order valence-corrected chi connectivity index (χ0v) is 17.5. The van der Waals surface area contributed by atoms with Crippen LogP contribution >= 0.6 is 0 Å². The van der Waals surface area contributed by atoms with E-state index >= 15 is 0 Å². The summed E-state index contributed by atoms with van der Waals surface area (Å²) in [5.41, 5.74) is -0.676. The number of amides is 2. The van der Waals surface area contributed by atoms with Crippen LogP contribution in [0.2, 0.25) is 0 Å². The summed E-state index contributed by atoms with van der Waals surface area (Å²) in [6.45, 7) is 2.40. The molecule has 0 bridgehead atoms. The lowest BCUT2D eigenvalue weighted by Crippen LogP contribution is -2.55. The number of nitriles is 1. The van der Waals surface area contributed by atoms with E-state index < -0.39 is 5.54 Å². The summed E-state index contributed by atoms with van der Waals surface area (Å²) < 4.78 is 18.3. The summed E-state index contributed by atoms with van der Waals surface area (Å²) in [5.74, 6) is -0.0775. The fourth-order valence-corrected chi connectivity index (χ4v) is 4.12. The van der Waals surface area contributed by atoms with Gasteiger partial charge in [-0.15, -0.1) is 0 Å². The number of carbonyl (C=O) groups is 2. The van der Waals surface area contributed by atoms with Crippen LogP contribution in [0.3, 0.4) is 0 Å². The predicted octanol–water partition coefficient (Wildman–Crippen LogP) is 2.03. The zero-order valence-electron chi connectivity index (χ0n) is 17.5. The number of hydrogen-bond donors (Lipinski definition) is 0. The van der Waals surface area contributed by atoms with Gasteiger partial charge in [0.2, 0.25) is 5.91 Å². The van der Waals surface area contributed by atoms with Crippen molar-refractivity contribution in [2.24, 2.45) is 0 Å². The van der Waals surface area contributed by atoms with Crippen LogP contribution in [0.1, 0.15) is 32.1 Å². The van der Waals surface area contributed by atoms with Gasteiger partial charge in [-0.05, 0) is 37.1 Å². The molecule has 1 aromatic carbocycles. The molecule has 7 nitrogen and oxygen atoms in total. The van der Waals surface area contributed by atoms with Gasteiger partial charge in [-0.3, -0.25) is 14.5 Å². The highest BCUT2D eigenvalue weighted by Gasteiger charge is 2.39. The third kappa shape index (κ3) is 5.28. The minimum Gasteiger partial charge on any atom is -0.484 e. The number of piperazine rings is 1.